The van der Waals surface area contributed by atoms with Crippen LogP contribution in [-0.4, -0.2) is 40.5 Å². The molecule has 134 valence electrons. The summed E-state index contributed by atoms with van der Waals surface area (Å²) in [6.45, 7) is 2.32. The lowest BCUT2D eigenvalue weighted by molar-refractivity contribution is -0.125. The predicted octanol–water partition coefficient (Wildman–Crippen LogP) is 2.53. The fraction of sp³-hybridized carbons (Fsp3) is 0.350. The summed E-state index contributed by atoms with van der Waals surface area (Å²) in [6, 6.07) is 10.1. The Kier molecular flexibility index (Phi) is 4.82. The third-order valence-electron chi connectivity index (χ3n) is 5.07. The minimum Gasteiger partial charge on any atom is -0.361 e. The Morgan fingerprint density at radius 2 is 1.92 bits per heavy atom. The molecule has 0 atom stereocenters. The van der Waals surface area contributed by atoms with E-state index in [0.717, 1.165) is 43.8 Å². The highest BCUT2D eigenvalue weighted by Gasteiger charge is 2.25. The van der Waals surface area contributed by atoms with E-state index in [2.05, 4.69) is 37.3 Å². The second-order valence-electron chi connectivity index (χ2n) is 6.71. The zero-order valence-corrected chi connectivity index (χ0v) is 14.7. The number of nitrogens with one attached hydrogen (secondary N) is 2. The van der Waals surface area contributed by atoms with Crippen molar-refractivity contribution in [2.24, 2.45) is 5.92 Å². The fourth-order valence-electron chi connectivity index (χ4n) is 3.60. The molecule has 1 saturated heterocycles. The molecule has 3 aromatic rings. The van der Waals surface area contributed by atoms with Crippen LogP contribution in [0.5, 0.6) is 0 Å². The van der Waals surface area contributed by atoms with Crippen molar-refractivity contribution >= 4 is 22.8 Å². The van der Waals surface area contributed by atoms with E-state index in [4.69, 9.17) is 0 Å². The standard InChI is InChI=1S/C20H23N5O/c26-19(15-7-12-25(13-8-15)20-22-9-3-10-23-20)21-11-6-16-14-24-18-5-2-1-4-17(16)18/h1-5,9-10,14-15,24H,6-8,11-13H2,(H,21,26). The van der Waals surface area contributed by atoms with Crippen molar-refractivity contribution in [1.82, 2.24) is 20.3 Å². The molecule has 0 saturated carbocycles. The summed E-state index contributed by atoms with van der Waals surface area (Å²) < 4.78 is 0. The van der Waals surface area contributed by atoms with Crippen LogP contribution in [0.2, 0.25) is 0 Å². The van der Waals surface area contributed by atoms with Crippen molar-refractivity contribution in [1.29, 1.82) is 0 Å². The van der Waals surface area contributed by atoms with E-state index in [1.165, 1.54) is 10.9 Å². The largest absolute Gasteiger partial charge is 0.361 e. The van der Waals surface area contributed by atoms with Crippen LogP contribution in [0.4, 0.5) is 5.95 Å². The van der Waals surface area contributed by atoms with E-state index in [9.17, 15) is 4.79 Å². The first kappa shape index (κ1) is 16.6. The van der Waals surface area contributed by atoms with Crippen molar-refractivity contribution in [2.45, 2.75) is 19.3 Å². The zero-order valence-electron chi connectivity index (χ0n) is 14.7. The number of H-pyrrole nitrogens is 1. The van der Waals surface area contributed by atoms with Gasteiger partial charge in [-0.1, -0.05) is 18.2 Å². The predicted molar refractivity (Wildman–Crippen MR) is 102 cm³/mol. The van der Waals surface area contributed by atoms with Crippen LogP contribution in [0.25, 0.3) is 10.9 Å². The topological polar surface area (TPSA) is 73.9 Å². The number of fused-ring (bicyclic) bond motifs is 1. The SMILES string of the molecule is O=C(NCCc1c[nH]c2ccccc12)C1CCN(c2ncccn2)CC1. The lowest BCUT2D eigenvalue weighted by Crippen LogP contribution is -2.41. The van der Waals surface area contributed by atoms with E-state index in [1.54, 1.807) is 12.4 Å². The molecule has 0 spiro atoms. The van der Waals surface area contributed by atoms with Crippen LogP contribution in [0.1, 0.15) is 18.4 Å². The van der Waals surface area contributed by atoms with Gasteiger partial charge in [-0.05, 0) is 37.0 Å². The number of hydrogen-bond acceptors (Lipinski definition) is 4. The molecule has 1 amide bonds. The van der Waals surface area contributed by atoms with Crippen LogP contribution in [0.15, 0.2) is 48.9 Å². The second-order valence-corrected chi connectivity index (χ2v) is 6.71. The second kappa shape index (κ2) is 7.56. The number of hydrogen-bond donors (Lipinski definition) is 2. The molecule has 26 heavy (non-hydrogen) atoms. The highest BCUT2D eigenvalue weighted by molar-refractivity contribution is 5.83. The molecule has 2 N–H and O–H groups in total. The average molecular weight is 349 g/mol. The monoisotopic (exact) mass is 349 g/mol. The summed E-state index contributed by atoms with van der Waals surface area (Å²) in [5.74, 6) is 1.00. The van der Waals surface area contributed by atoms with Gasteiger partial charge in [0, 0.05) is 55.0 Å². The lowest BCUT2D eigenvalue weighted by Gasteiger charge is -2.31. The number of aromatic amines is 1. The van der Waals surface area contributed by atoms with Gasteiger partial charge in [-0.3, -0.25) is 4.79 Å². The molecule has 1 aliphatic rings. The van der Waals surface area contributed by atoms with Crippen molar-refractivity contribution < 1.29 is 4.79 Å². The van der Waals surface area contributed by atoms with Gasteiger partial charge in [0.25, 0.3) is 0 Å². The first-order valence-electron chi connectivity index (χ1n) is 9.16. The van der Waals surface area contributed by atoms with Crippen LogP contribution in [0, 0.1) is 5.92 Å². The Morgan fingerprint density at radius 1 is 1.15 bits per heavy atom. The van der Waals surface area contributed by atoms with Crippen molar-refractivity contribution in [3.8, 4) is 0 Å². The van der Waals surface area contributed by atoms with Crippen LogP contribution < -0.4 is 10.2 Å². The van der Waals surface area contributed by atoms with Gasteiger partial charge in [0.2, 0.25) is 11.9 Å². The first-order chi connectivity index (χ1) is 12.8. The minimum absolute atomic E-state index is 0.0814. The number of para-hydroxylation sites is 1. The Morgan fingerprint density at radius 3 is 2.73 bits per heavy atom. The zero-order chi connectivity index (χ0) is 17.8. The highest BCUT2D eigenvalue weighted by atomic mass is 16.1. The lowest BCUT2D eigenvalue weighted by atomic mass is 9.96. The highest BCUT2D eigenvalue weighted by Crippen LogP contribution is 2.21. The maximum absolute atomic E-state index is 12.5. The smallest absolute Gasteiger partial charge is 0.225 e. The normalized spacial score (nSPS) is 15.3. The molecule has 1 aliphatic heterocycles. The molecular weight excluding hydrogens is 326 g/mol. The number of carbonyl (C=O) groups is 1. The summed E-state index contributed by atoms with van der Waals surface area (Å²) in [4.78, 5) is 26.5. The average Bonchev–Trinajstić information content (AvgIpc) is 3.12. The number of anilines is 1. The first-order valence-corrected chi connectivity index (χ1v) is 9.16. The summed E-state index contributed by atoms with van der Waals surface area (Å²) in [7, 11) is 0. The summed E-state index contributed by atoms with van der Waals surface area (Å²) in [5, 5.41) is 4.34. The molecule has 0 radical (unpaired) electrons. The number of piperidine rings is 1. The van der Waals surface area contributed by atoms with Crippen molar-refractivity contribution in [2.75, 3.05) is 24.5 Å². The fourth-order valence-corrected chi connectivity index (χ4v) is 3.60. The van der Waals surface area contributed by atoms with Gasteiger partial charge in [-0.15, -0.1) is 0 Å². The summed E-state index contributed by atoms with van der Waals surface area (Å²) >= 11 is 0. The molecule has 2 aromatic heterocycles. The van der Waals surface area contributed by atoms with E-state index in [-0.39, 0.29) is 11.8 Å². The van der Waals surface area contributed by atoms with Crippen LogP contribution in [-0.2, 0) is 11.2 Å². The van der Waals surface area contributed by atoms with Gasteiger partial charge in [-0.2, -0.15) is 0 Å². The van der Waals surface area contributed by atoms with Gasteiger partial charge in [0.15, 0.2) is 0 Å². The molecule has 1 aromatic carbocycles. The Labute approximate surface area is 152 Å². The number of benzene rings is 1. The van der Waals surface area contributed by atoms with E-state index < -0.39 is 0 Å². The minimum atomic E-state index is 0.0814. The van der Waals surface area contributed by atoms with Gasteiger partial charge < -0.3 is 15.2 Å². The maximum atomic E-state index is 12.5. The number of rotatable bonds is 5. The van der Waals surface area contributed by atoms with Gasteiger partial charge in [0.05, 0.1) is 0 Å². The molecule has 0 aliphatic carbocycles. The summed E-state index contributed by atoms with van der Waals surface area (Å²) in [5.41, 5.74) is 2.39. The number of amides is 1. The van der Waals surface area contributed by atoms with Crippen LogP contribution in [0.3, 0.4) is 0 Å². The molecule has 4 rings (SSSR count). The number of nitrogens with zero attached hydrogens (tertiary/aromatic N) is 3. The number of aromatic nitrogens is 3. The van der Waals surface area contributed by atoms with Gasteiger partial charge >= 0.3 is 0 Å². The molecule has 6 heteroatoms. The van der Waals surface area contributed by atoms with E-state index in [1.807, 2.05) is 24.4 Å². The molecular formula is C20H23N5O. The molecule has 1 fully saturated rings. The summed E-state index contributed by atoms with van der Waals surface area (Å²) in [6.07, 6.45) is 8.08. The molecule has 6 nitrogen and oxygen atoms in total. The Balaban J connectivity index is 1.26. The Hall–Kier alpha value is -2.89. The maximum Gasteiger partial charge on any atom is 0.225 e. The third kappa shape index (κ3) is 3.54. The van der Waals surface area contributed by atoms with Gasteiger partial charge in [0.1, 0.15) is 0 Å². The third-order valence-corrected chi connectivity index (χ3v) is 5.07. The van der Waals surface area contributed by atoms with E-state index >= 15 is 0 Å². The van der Waals surface area contributed by atoms with Crippen molar-refractivity contribution in [3.63, 3.8) is 0 Å². The molecule has 3 heterocycles. The molecule has 0 unspecified atom stereocenters. The van der Waals surface area contributed by atoms with E-state index in [0.29, 0.717) is 6.54 Å². The molecule has 0 bridgehead atoms. The Bertz CT molecular complexity index is 868. The van der Waals surface area contributed by atoms with Crippen LogP contribution >= 0.6 is 0 Å². The van der Waals surface area contributed by atoms with Crippen molar-refractivity contribution in [3.05, 3.63) is 54.5 Å². The quantitative estimate of drug-likeness (QED) is 0.742. The van der Waals surface area contributed by atoms with Gasteiger partial charge in [-0.25, -0.2) is 9.97 Å². The number of carbonyl (C=O) groups excluding carboxylic acids is 1.